The van der Waals surface area contributed by atoms with Crippen LogP contribution in [0.2, 0.25) is 0 Å². The first-order chi connectivity index (χ1) is 10.5. The molecule has 1 aromatic carbocycles. The number of aromatic amines is 1. The van der Waals surface area contributed by atoms with Gasteiger partial charge >= 0.3 is 0 Å². The smallest absolute Gasteiger partial charge is 0.230 e. The molecule has 0 saturated carbocycles. The Labute approximate surface area is 135 Å². The van der Waals surface area contributed by atoms with Crippen LogP contribution in [0.15, 0.2) is 23.4 Å². The number of carbonyl (C=O) groups is 1. The molecule has 0 bridgehead atoms. The van der Waals surface area contributed by atoms with Crippen LogP contribution in [0.4, 0.5) is 0 Å². The van der Waals surface area contributed by atoms with E-state index in [-0.39, 0.29) is 12.0 Å². The summed E-state index contributed by atoms with van der Waals surface area (Å²) in [6.45, 7) is 7.37. The monoisotopic (exact) mass is 321 g/mol. The molecule has 0 spiro atoms. The minimum absolute atomic E-state index is 0.0196. The molecular weight excluding hydrogens is 298 g/mol. The standard InChI is InChI=1S/C16H23N3O2S/c1-11(2)21-8-4-7-17-15(20)10-22-16-18-13-6-5-12(3)9-14(13)19-16/h5-6,9,11H,4,7-8,10H2,1-3H3,(H,17,20)(H,18,19). The van der Waals surface area contributed by atoms with Crippen molar-refractivity contribution in [2.45, 2.75) is 38.5 Å². The highest BCUT2D eigenvalue weighted by molar-refractivity contribution is 7.99. The summed E-state index contributed by atoms with van der Waals surface area (Å²) in [6, 6.07) is 6.07. The highest BCUT2D eigenvalue weighted by atomic mass is 32.2. The van der Waals surface area contributed by atoms with Gasteiger partial charge in [0.2, 0.25) is 5.91 Å². The van der Waals surface area contributed by atoms with Crippen molar-refractivity contribution < 1.29 is 9.53 Å². The summed E-state index contributed by atoms with van der Waals surface area (Å²) in [5.74, 6) is 0.385. The molecule has 1 heterocycles. The summed E-state index contributed by atoms with van der Waals surface area (Å²) in [7, 11) is 0. The van der Waals surface area contributed by atoms with Crippen LogP contribution in [0.5, 0.6) is 0 Å². The van der Waals surface area contributed by atoms with Gasteiger partial charge in [0.15, 0.2) is 5.16 Å². The quantitative estimate of drug-likeness (QED) is 0.579. The molecule has 0 aliphatic heterocycles. The number of aryl methyl sites for hydroxylation is 1. The second kappa shape index (κ2) is 8.19. The van der Waals surface area contributed by atoms with Gasteiger partial charge in [0.1, 0.15) is 0 Å². The number of hydrogen-bond donors (Lipinski definition) is 2. The first kappa shape index (κ1) is 16.8. The highest BCUT2D eigenvalue weighted by Crippen LogP contribution is 2.19. The van der Waals surface area contributed by atoms with Gasteiger partial charge in [0.05, 0.1) is 22.9 Å². The number of nitrogens with one attached hydrogen (secondary N) is 2. The zero-order valence-corrected chi connectivity index (χ0v) is 14.1. The van der Waals surface area contributed by atoms with Crippen LogP contribution >= 0.6 is 11.8 Å². The van der Waals surface area contributed by atoms with E-state index in [9.17, 15) is 4.79 Å². The number of aromatic nitrogens is 2. The summed E-state index contributed by atoms with van der Waals surface area (Å²) in [5, 5.41) is 3.66. The van der Waals surface area contributed by atoms with Crippen molar-refractivity contribution in [2.24, 2.45) is 0 Å². The van der Waals surface area contributed by atoms with Gasteiger partial charge in [0.25, 0.3) is 0 Å². The molecule has 5 nitrogen and oxygen atoms in total. The Kier molecular flexibility index (Phi) is 6.27. The largest absolute Gasteiger partial charge is 0.379 e. The van der Waals surface area contributed by atoms with Gasteiger partial charge in [-0.1, -0.05) is 17.8 Å². The van der Waals surface area contributed by atoms with Crippen molar-refractivity contribution in [3.63, 3.8) is 0 Å². The molecule has 120 valence electrons. The van der Waals surface area contributed by atoms with Crippen molar-refractivity contribution in [3.8, 4) is 0 Å². The van der Waals surface area contributed by atoms with Gasteiger partial charge in [-0.05, 0) is 44.9 Å². The summed E-state index contributed by atoms with van der Waals surface area (Å²) < 4.78 is 5.42. The summed E-state index contributed by atoms with van der Waals surface area (Å²) >= 11 is 1.42. The Bertz CT molecular complexity index is 625. The van der Waals surface area contributed by atoms with E-state index in [1.165, 1.54) is 17.3 Å². The maximum atomic E-state index is 11.8. The molecule has 1 aromatic heterocycles. The van der Waals surface area contributed by atoms with Crippen LogP contribution in [0.25, 0.3) is 11.0 Å². The van der Waals surface area contributed by atoms with E-state index in [0.717, 1.165) is 22.6 Å². The zero-order valence-electron chi connectivity index (χ0n) is 13.3. The topological polar surface area (TPSA) is 67.0 Å². The number of imidazole rings is 1. The predicted molar refractivity (Wildman–Crippen MR) is 90.3 cm³/mol. The third-order valence-corrected chi connectivity index (χ3v) is 3.92. The molecule has 2 N–H and O–H groups in total. The van der Waals surface area contributed by atoms with E-state index in [1.807, 2.05) is 32.9 Å². The van der Waals surface area contributed by atoms with E-state index in [4.69, 9.17) is 4.74 Å². The van der Waals surface area contributed by atoms with E-state index >= 15 is 0 Å². The summed E-state index contributed by atoms with van der Waals surface area (Å²) in [5.41, 5.74) is 3.13. The van der Waals surface area contributed by atoms with Gasteiger partial charge in [-0.3, -0.25) is 4.79 Å². The summed E-state index contributed by atoms with van der Waals surface area (Å²) in [4.78, 5) is 19.5. The number of rotatable bonds is 8. The average Bonchev–Trinajstić information content (AvgIpc) is 2.86. The number of hydrogen-bond acceptors (Lipinski definition) is 4. The first-order valence-electron chi connectivity index (χ1n) is 7.52. The van der Waals surface area contributed by atoms with Crippen molar-refractivity contribution in [1.29, 1.82) is 0 Å². The molecule has 1 amide bonds. The number of thioether (sulfide) groups is 1. The van der Waals surface area contributed by atoms with Crippen LogP contribution < -0.4 is 5.32 Å². The van der Waals surface area contributed by atoms with Crippen molar-refractivity contribution in [1.82, 2.24) is 15.3 Å². The first-order valence-corrected chi connectivity index (χ1v) is 8.50. The third kappa shape index (κ3) is 5.35. The minimum Gasteiger partial charge on any atom is -0.379 e. The van der Waals surface area contributed by atoms with Gasteiger partial charge < -0.3 is 15.0 Å². The number of carbonyl (C=O) groups excluding carboxylic acids is 1. The number of amides is 1. The predicted octanol–water partition coefficient (Wildman–Crippen LogP) is 2.89. The van der Waals surface area contributed by atoms with E-state index in [2.05, 4.69) is 21.4 Å². The molecule has 0 atom stereocenters. The molecule has 0 radical (unpaired) electrons. The fraction of sp³-hybridized carbons (Fsp3) is 0.500. The molecule has 22 heavy (non-hydrogen) atoms. The third-order valence-electron chi connectivity index (χ3n) is 3.05. The maximum absolute atomic E-state index is 11.8. The Morgan fingerprint density at radius 3 is 3.05 bits per heavy atom. The normalized spacial score (nSPS) is 11.3. The van der Waals surface area contributed by atoms with E-state index in [0.29, 0.717) is 18.9 Å². The minimum atomic E-state index is 0.0196. The van der Waals surface area contributed by atoms with Gasteiger partial charge in [-0.25, -0.2) is 4.98 Å². The number of fused-ring (bicyclic) bond motifs is 1. The lowest BCUT2D eigenvalue weighted by Gasteiger charge is -2.07. The SMILES string of the molecule is Cc1ccc2nc(SCC(=O)NCCCOC(C)C)[nH]c2c1. The Balaban J connectivity index is 1.71. The zero-order chi connectivity index (χ0) is 15.9. The fourth-order valence-electron chi connectivity index (χ4n) is 1.97. The lowest BCUT2D eigenvalue weighted by molar-refractivity contribution is -0.118. The maximum Gasteiger partial charge on any atom is 0.230 e. The van der Waals surface area contributed by atoms with Crippen molar-refractivity contribution in [3.05, 3.63) is 23.8 Å². The lowest BCUT2D eigenvalue weighted by atomic mass is 10.2. The fourth-order valence-corrected chi connectivity index (χ4v) is 2.69. The highest BCUT2D eigenvalue weighted by Gasteiger charge is 2.07. The van der Waals surface area contributed by atoms with Crippen LogP contribution in [0.1, 0.15) is 25.8 Å². The molecule has 0 unspecified atom stereocenters. The van der Waals surface area contributed by atoms with E-state index in [1.54, 1.807) is 0 Å². The molecule has 0 aliphatic carbocycles. The Hall–Kier alpha value is -1.53. The number of H-pyrrole nitrogens is 1. The van der Waals surface area contributed by atoms with Gasteiger partial charge in [-0.15, -0.1) is 0 Å². The van der Waals surface area contributed by atoms with Crippen molar-refractivity contribution >= 4 is 28.7 Å². The molecule has 2 rings (SSSR count). The second-order valence-corrected chi connectivity index (χ2v) is 6.44. The molecular formula is C16H23N3O2S. The number of nitrogens with zero attached hydrogens (tertiary/aromatic N) is 1. The van der Waals surface area contributed by atoms with E-state index < -0.39 is 0 Å². The molecule has 0 fully saturated rings. The summed E-state index contributed by atoms with van der Waals surface area (Å²) in [6.07, 6.45) is 1.07. The lowest BCUT2D eigenvalue weighted by Crippen LogP contribution is -2.27. The van der Waals surface area contributed by atoms with Gasteiger partial charge in [0, 0.05) is 13.2 Å². The van der Waals surface area contributed by atoms with Gasteiger partial charge in [-0.2, -0.15) is 0 Å². The van der Waals surface area contributed by atoms with Crippen LogP contribution in [0, 0.1) is 6.92 Å². The molecule has 6 heteroatoms. The second-order valence-electron chi connectivity index (χ2n) is 5.47. The average molecular weight is 321 g/mol. The number of ether oxygens (including phenoxy) is 1. The van der Waals surface area contributed by atoms with Crippen LogP contribution in [-0.4, -0.2) is 40.9 Å². The van der Waals surface area contributed by atoms with Crippen LogP contribution in [-0.2, 0) is 9.53 Å². The molecule has 2 aromatic rings. The van der Waals surface area contributed by atoms with Crippen LogP contribution in [0.3, 0.4) is 0 Å². The Morgan fingerprint density at radius 1 is 1.45 bits per heavy atom. The molecule has 0 aliphatic rings. The number of benzene rings is 1. The molecule has 0 saturated heterocycles. The Morgan fingerprint density at radius 2 is 2.27 bits per heavy atom. The van der Waals surface area contributed by atoms with Crippen molar-refractivity contribution in [2.75, 3.05) is 18.9 Å².